The highest BCUT2D eigenvalue weighted by molar-refractivity contribution is 5.96. The Balaban J connectivity index is 1.58. The predicted molar refractivity (Wildman–Crippen MR) is 105 cm³/mol. The monoisotopic (exact) mass is 369 g/mol. The summed E-state index contributed by atoms with van der Waals surface area (Å²) in [6.45, 7) is 10.5. The van der Waals surface area contributed by atoms with Crippen molar-refractivity contribution in [1.29, 1.82) is 0 Å². The summed E-state index contributed by atoms with van der Waals surface area (Å²) in [6.07, 6.45) is 1.50. The summed E-state index contributed by atoms with van der Waals surface area (Å²) in [4.78, 5) is 29.0. The van der Waals surface area contributed by atoms with Crippen LogP contribution < -0.4 is 5.32 Å². The molecule has 1 aromatic carbocycles. The average Bonchev–Trinajstić information content (AvgIpc) is 3.18. The van der Waals surface area contributed by atoms with E-state index in [4.69, 9.17) is 4.42 Å². The maximum absolute atomic E-state index is 12.8. The fourth-order valence-electron chi connectivity index (χ4n) is 3.64. The molecule has 3 rings (SSSR count). The van der Waals surface area contributed by atoms with Gasteiger partial charge in [0.1, 0.15) is 0 Å². The summed E-state index contributed by atoms with van der Waals surface area (Å²) in [7, 11) is 0. The van der Waals surface area contributed by atoms with E-state index in [2.05, 4.69) is 29.3 Å². The number of carbonyl (C=O) groups excluding carboxylic acids is 2. The van der Waals surface area contributed by atoms with Crippen molar-refractivity contribution < 1.29 is 14.0 Å². The summed E-state index contributed by atoms with van der Waals surface area (Å²) in [6, 6.07) is 7.28. The molecule has 0 radical (unpaired) electrons. The molecule has 1 aliphatic rings. The van der Waals surface area contributed by atoms with Gasteiger partial charge >= 0.3 is 0 Å². The highest BCUT2D eigenvalue weighted by Crippen LogP contribution is 2.22. The summed E-state index contributed by atoms with van der Waals surface area (Å²) in [5.74, 6) is 0.248. The molecule has 0 saturated carbocycles. The van der Waals surface area contributed by atoms with Crippen LogP contribution in [0.15, 0.2) is 34.9 Å². The molecule has 1 fully saturated rings. The van der Waals surface area contributed by atoms with Gasteiger partial charge in [0.05, 0.1) is 12.3 Å². The van der Waals surface area contributed by atoms with Crippen LogP contribution in [0.1, 0.15) is 34.2 Å². The van der Waals surface area contributed by atoms with Crippen molar-refractivity contribution in [3.8, 4) is 0 Å². The van der Waals surface area contributed by atoms with Gasteiger partial charge in [0.2, 0.25) is 5.91 Å². The van der Waals surface area contributed by atoms with E-state index in [0.29, 0.717) is 31.9 Å². The third kappa shape index (κ3) is 4.22. The Morgan fingerprint density at radius 3 is 2.26 bits per heavy atom. The molecule has 1 aliphatic heterocycles. The summed E-state index contributed by atoms with van der Waals surface area (Å²) in [5.41, 5.74) is 4.22. The summed E-state index contributed by atoms with van der Waals surface area (Å²) >= 11 is 0. The number of furan rings is 1. The lowest BCUT2D eigenvalue weighted by atomic mass is 10.0. The third-order valence-corrected chi connectivity index (χ3v) is 5.19. The Labute approximate surface area is 160 Å². The SMILES string of the molecule is Cc1cc(C)c(NC(=O)C(C)N2CCN(C(=O)c3ccco3)CC2)c(C)c1. The first-order valence-corrected chi connectivity index (χ1v) is 9.32. The first-order valence-electron chi connectivity index (χ1n) is 9.32. The van der Waals surface area contributed by atoms with Gasteiger partial charge in [0.15, 0.2) is 5.76 Å². The van der Waals surface area contributed by atoms with Gasteiger partial charge in [0, 0.05) is 31.9 Å². The molecule has 0 bridgehead atoms. The molecular formula is C21H27N3O3. The zero-order chi connectivity index (χ0) is 19.6. The number of benzene rings is 1. The molecule has 2 aromatic rings. The van der Waals surface area contributed by atoms with Gasteiger partial charge in [0.25, 0.3) is 5.91 Å². The van der Waals surface area contributed by atoms with Crippen LogP contribution in [0.4, 0.5) is 5.69 Å². The number of anilines is 1. The quantitative estimate of drug-likeness (QED) is 0.900. The molecule has 0 spiro atoms. The van der Waals surface area contributed by atoms with Crippen molar-refractivity contribution in [2.24, 2.45) is 0 Å². The fraction of sp³-hybridized carbons (Fsp3) is 0.429. The van der Waals surface area contributed by atoms with E-state index in [-0.39, 0.29) is 17.9 Å². The van der Waals surface area contributed by atoms with Crippen LogP contribution in [-0.2, 0) is 4.79 Å². The van der Waals surface area contributed by atoms with Crippen LogP contribution in [-0.4, -0.2) is 53.8 Å². The molecule has 2 amide bonds. The van der Waals surface area contributed by atoms with E-state index in [9.17, 15) is 9.59 Å². The topological polar surface area (TPSA) is 65.8 Å². The van der Waals surface area contributed by atoms with E-state index >= 15 is 0 Å². The van der Waals surface area contributed by atoms with E-state index in [1.807, 2.05) is 20.8 Å². The predicted octanol–water partition coefficient (Wildman–Crippen LogP) is 2.99. The molecule has 27 heavy (non-hydrogen) atoms. The highest BCUT2D eigenvalue weighted by Gasteiger charge is 2.29. The van der Waals surface area contributed by atoms with Gasteiger partial charge in [-0.05, 0) is 51.0 Å². The first-order chi connectivity index (χ1) is 12.9. The molecule has 144 valence electrons. The number of piperazine rings is 1. The van der Waals surface area contributed by atoms with Gasteiger partial charge < -0.3 is 14.6 Å². The highest BCUT2D eigenvalue weighted by atomic mass is 16.3. The molecule has 1 unspecified atom stereocenters. The summed E-state index contributed by atoms with van der Waals surface area (Å²) < 4.78 is 5.19. The number of nitrogens with one attached hydrogen (secondary N) is 1. The van der Waals surface area contributed by atoms with Gasteiger partial charge in [-0.1, -0.05) is 17.7 Å². The normalized spacial score (nSPS) is 16.2. The van der Waals surface area contributed by atoms with Crippen LogP contribution in [0.25, 0.3) is 0 Å². The Bertz CT molecular complexity index is 798. The minimum absolute atomic E-state index is 0.0177. The van der Waals surface area contributed by atoms with E-state index in [1.165, 1.54) is 11.8 Å². The fourth-order valence-corrected chi connectivity index (χ4v) is 3.64. The average molecular weight is 369 g/mol. The van der Waals surface area contributed by atoms with Gasteiger partial charge in [-0.2, -0.15) is 0 Å². The van der Waals surface area contributed by atoms with E-state index in [0.717, 1.165) is 16.8 Å². The third-order valence-electron chi connectivity index (χ3n) is 5.19. The second-order valence-electron chi connectivity index (χ2n) is 7.24. The molecule has 2 heterocycles. The van der Waals surface area contributed by atoms with Crippen LogP contribution in [0, 0.1) is 20.8 Å². The van der Waals surface area contributed by atoms with Gasteiger partial charge in [-0.25, -0.2) is 0 Å². The maximum Gasteiger partial charge on any atom is 0.289 e. The number of aryl methyl sites for hydroxylation is 3. The number of rotatable bonds is 4. The Kier molecular flexibility index (Phi) is 5.65. The number of hydrogen-bond acceptors (Lipinski definition) is 4. The van der Waals surface area contributed by atoms with Crippen molar-refractivity contribution in [3.05, 3.63) is 53.0 Å². The van der Waals surface area contributed by atoms with Crippen LogP contribution in [0.3, 0.4) is 0 Å². The first kappa shape index (κ1) is 19.2. The zero-order valence-electron chi connectivity index (χ0n) is 16.4. The summed E-state index contributed by atoms with van der Waals surface area (Å²) in [5, 5.41) is 3.08. The lowest BCUT2D eigenvalue weighted by Crippen LogP contribution is -2.54. The minimum atomic E-state index is -0.258. The zero-order valence-corrected chi connectivity index (χ0v) is 16.4. The van der Waals surface area contributed by atoms with Crippen LogP contribution in [0.5, 0.6) is 0 Å². The van der Waals surface area contributed by atoms with Crippen molar-refractivity contribution in [1.82, 2.24) is 9.80 Å². The van der Waals surface area contributed by atoms with Gasteiger partial charge in [-0.3, -0.25) is 14.5 Å². The largest absolute Gasteiger partial charge is 0.459 e. The van der Waals surface area contributed by atoms with E-state index in [1.54, 1.807) is 17.0 Å². The van der Waals surface area contributed by atoms with Crippen LogP contribution >= 0.6 is 0 Å². The lowest BCUT2D eigenvalue weighted by molar-refractivity contribution is -0.121. The van der Waals surface area contributed by atoms with Crippen molar-refractivity contribution in [2.45, 2.75) is 33.7 Å². The standard InChI is InChI=1S/C21H27N3O3/c1-14-12-15(2)19(16(3)13-14)22-20(25)17(4)23-7-9-24(10-8-23)21(26)18-6-5-11-27-18/h5-6,11-13,17H,7-10H2,1-4H3,(H,22,25). The van der Waals surface area contributed by atoms with Crippen molar-refractivity contribution >= 4 is 17.5 Å². The molecule has 1 saturated heterocycles. The smallest absolute Gasteiger partial charge is 0.289 e. The van der Waals surface area contributed by atoms with Crippen molar-refractivity contribution in [2.75, 3.05) is 31.5 Å². The van der Waals surface area contributed by atoms with Crippen LogP contribution in [0.2, 0.25) is 0 Å². The van der Waals surface area contributed by atoms with Gasteiger partial charge in [-0.15, -0.1) is 0 Å². The molecule has 6 nitrogen and oxygen atoms in total. The second kappa shape index (κ2) is 7.96. The molecule has 1 N–H and O–H groups in total. The lowest BCUT2D eigenvalue weighted by Gasteiger charge is -2.37. The Morgan fingerprint density at radius 1 is 1.07 bits per heavy atom. The second-order valence-corrected chi connectivity index (χ2v) is 7.24. The molecule has 6 heteroatoms. The maximum atomic E-state index is 12.8. The molecule has 0 aliphatic carbocycles. The number of hydrogen-bond donors (Lipinski definition) is 1. The molecular weight excluding hydrogens is 342 g/mol. The van der Waals surface area contributed by atoms with Crippen molar-refractivity contribution in [3.63, 3.8) is 0 Å². The number of carbonyl (C=O) groups is 2. The number of nitrogens with zero attached hydrogens (tertiary/aromatic N) is 2. The minimum Gasteiger partial charge on any atom is -0.459 e. The molecule has 1 atom stereocenters. The number of amides is 2. The van der Waals surface area contributed by atoms with E-state index < -0.39 is 0 Å². The Hall–Kier alpha value is -2.60. The Morgan fingerprint density at radius 2 is 1.70 bits per heavy atom. The molecule has 1 aromatic heterocycles.